The van der Waals surface area contributed by atoms with Gasteiger partial charge in [0, 0.05) is 62.3 Å². The molecular weight excluding hydrogens is 1030 g/mol. The van der Waals surface area contributed by atoms with Crippen LogP contribution in [0.3, 0.4) is 0 Å². The number of aromatic nitrogens is 8. The number of ketones is 2. The number of aliphatic hydroxyl groups is 3. The topological polar surface area (TPSA) is 260 Å². The van der Waals surface area contributed by atoms with Gasteiger partial charge in [-0.3, -0.25) is 23.7 Å². The first-order valence-electron chi connectivity index (χ1n) is 27.0. The highest BCUT2D eigenvalue weighted by Gasteiger charge is 2.62. The first-order valence-corrected chi connectivity index (χ1v) is 30.9. The Morgan fingerprint density at radius 1 is 0.718 bits per heavy atom. The zero-order chi connectivity index (χ0) is 55.5. The highest BCUT2D eigenvalue weighted by atomic mass is 28.5. The van der Waals surface area contributed by atoms with Crippen molar-refractivity contribution in [2.24, 2.45) is 11.8 Å². The van der Waals surface area contributed by atoms with Crippen LogP contribution in [0.25, 0.3) is 0 Å². The summed E-state index contributed by atoms with van der Waals surface area (Å²) in [6.07, 6.45) is 6.66. The predicted octanol–water partition coefficient (Wildman–Crippen LogP) is 6.64. The molecule has 2 aromatic carbocycles. The Balaban J connectivity index is 0.979. The molecule has 1 aliphatic heterocycles. The third-order valence-electron chi connectivity index (χ3n) is 15.8. The quantitative estimate of drug-likeness (QED) is 0.0305. The lowest BCUT2D eigenvalue weighted by Gasteiger charge is -2.52. The summed E-state index contributed by atoms with van der Waals surface area (Å²) in [5, 5.41) is 46.8. The number of hydrogen-bond donors (Lipinski definition) is 5. The van der Waals surface area contributed by atoms with Gasteiger partial charge in [-0.1, -0.05) is 103 Å². The first kappa shape index (κ1) is 56.3. The monoisotopic (exact) mass is 1100 g/mol. The number of fused-ring (bicyclic) bond motifs is 1. The SMILES string of the molecule is CC(=O)OC1C(Nc2ncncc2C(=O)c2ccn(Cc3ccccc3)n2)CC2CO[Si](C(C)C)(C(C)C)O[Si](C(C)C)(C(C)Cc3ccccc3Cn3ccc(C(=O)c4cncnc4NC4CC(CO)C(O)C4O)n3)OC21. The van der Waals surface area contributed by atoms with Gasteiger partial charge in [-0.25, -0.2) is 19.9 Å². The second kappa shape index (κ2) is 23.9. The van der Waals surface area contributed by atoms with Gasteiger partial charge in [0.2, 0.25) is 11.6 Å². The Morgan fingerprint density at radius 2 is 1.28 bits per heavy atom. The molecule has 20 nitrogen and oxygen atoms in total. The molecule has 10 unspecified atom stereocenters. The van der Waals surface area contributed by atoms with Gasteiger partial charge in [0.25, 0.3) is 0 Å². The number of nitrogens with one attached hydrogen (secondary N) is 2. The van der Waals surface area contributed by atoms with E-state index in [4.69, 9.17) is 22.8 Å². The Kier molecular flexibility index (Phi) is 17.3. The van der Waals surface area contributed by atoms with Gasteiger partial charge < -0.3 is 43.7 Å². The Bertz CT molecular complexity index is 3040. The van der Waals surface area contributed by atoms with Crippen LogP contribution in [-0.4, -0.2) is 139 Å². The number of nitrogens with zero attached hydrogens (tertiary/aromatic N) is 8. The molecule has 78 heavy (non-hydrogen) atoms. The third kappa shape index (κ3) is 11.7. The first-order chi connectivity index (χ1) is 37.4. The maximum Gasteiger partial charge on any atom is 0.335 e. The zero-order valence-electron chi connectivity index (χ0n) is 45.5. The molecule has 0 spiro atoms. The molecule has 6 aromatic rings. The van der Waals surface area contributed by atoms with Crippen LogP contribution in [0.15, 0.2) is 104 Å². The summed E-state index contributed by atoms with van der Waals surface area (Å²) < 4.78 is 32.6. The summed E-state index contributed by atoms with van der Waals surface area (Å²) in [4.78, 5) is 58.7. The molecule has 3 aliphatic rings. The van der Waals surface area contributed by atoms with Crippen LogP contribution in [0.5, 0.6) is 0 Å². The third-order valence-corrected chi connectivity index (χ3v) is 26.0. The van der Waals surface area contributed by atoms with Gasteiger partial charge in [0.05, 0.1) is 48.5 Å². The summed E-state index contributed by atoms with van der Waals surface area (Å²) in [5.74, 6) is -1.53. The van der Waals surface area contributed by atoms with E-state index in [-0.39, 0.29) is 81.0 Å². The summed E-state index contributed by atoms with van der Waals surface area (Å²) in [6, 6.07) is 20.2. The summed E-state index contributed by atoms with van der Waals surface area (Å²) in [6.45, 7) is 17.5. The van der Waals surface area contributed by atoms with Crippen molar-refractivity contribution >= 4 is 46.3 Å². The number of hydrogen-bond acceptors (Lipinski definition) is 18. The lowest BCUT2D eigenvalue weighted by Crippen LogP contribution is -2.65. The number of anilines is 2. The lowest BCUT2D eigenvalue weighted by molar-refractivity contribution is -0.152. The maximum absolute atomic E-state index is 14.2. The molecule has 22 heteroatoms. The van der Waals surface area contributed by atoms with Crippen molar-refractivity contribution in [2.45, 2.75) is 146 Å². The molecule has 5 heterocycles. The molecule has 2 saturated carbocycles. The Labute approximate surface area is 456 Å². The van der Waals surface area contributed by atoms with Gasteiger partial charge >= 0.3 is 23.1 Å². The minimum atomic E-state index is -3.49. The summed E-state index contributed by atoms with van der Waals surface area (Å²) >= 11 is 0. The molecule has 0 radical (unpaired) electrons. The molecule has 4 aromatic heterocycles. The second-order valence-corrected chi connectivity index (χ2v) is 30.7. The molecule has 1 saturated heterocycles. The number of carbonyl (C=O) groups excluding carboxylic acids is 3. The van der Waals surface area contributed by atoms with E-state index in [2.05, 4.69) is 96.3 Å². The van der Waals surface area contributed by atoms with E-state index in [0.29, 0.717) is 32.5 Å². The number of benzene rings is 2. The number of aliphatic hydroxyl groups excluding tert-OH is 3. The van der Waals surface area contributed by atoms with Crippen molar-refractivity contribution in [3.8, 4) is 0 Å². The number of rotatable bonds is 20. The summed E-state index contributed by atoms with van der Waals surface area (Å²) in [7, 11) is -6.57. The minimum absolute atomic E-state index is 0.0555. The van der Waals surface area contributed by atoms with Crippen molar-refractivity contribution in [3.63, 3.8) is 0 Å². The molecule has 10 atom stereocenters. The van der Waals surface area contributed by atoms with Crippen LogP contribution in [0.4, 0.5) is 11.6 Å². The largest absolute Gasteiger partial charge is 0.458 e. The van der Waals surface area contributed by atoms with E-state index >= 15 is 0 Å². The molecule has 0 amide bonds. The van der Waals surface area contributed by atoms with Gasteiger partial charge in [0.15, 0.2) is 0 Å². The molecule has 0 bridgehead atoms. The van der Waals surface area contributed by atoms with Crippen LogP contribution in [0.1, 0.15) is 117 Å². The van der Waals surface area contributed by atoms with E-state index < -0.39 is 71.3 Å². The van der Waals surface area contributed by atoms with Crippen molar-refractivity contribution in [1.29, 1.82) is 0 Å². The maximum atomic E-state index is 14.2. The Hall–Kier alpha value is -6.38. The van der Waals surface area contributed by atoms with E-state index in [1.165, 1.54) is 32.0 Å². The van der Waals surface area contributed by atoms with Crippen LogP contribution in [0.2, 0.25) is 22.2 Å². The van der Waals surface area contributed by atoms with Crippen molar-refractivity contribution in [2.75, 3.05) is 23.8 Å². The van der Waals surface area contributed by atoms with E-state index in [9.17, 15) is 29.7 Å². The Morgan fingerprint density at radius 3 is 1.85 bits per heavy atom. The van der Waals surface area contributed by atoms with Gasteiger partial charge in [-0.05, 0) is 64.7 Å². The van der Waals surface area contributed by atoms with E-state index in [0.717, 1.165) is 16.7 Å². The van der Waals surface area contributed by atoms with Gasteiger partial charge in [0.1, 0.15) is 47.9 Å². The number of esters is 1. The zero-order valence-corrected chi connectivity index (χ0v) is 47.5. The van der Waals surface area contributed by atoms with Crippen molar-refractivity contribution < 1.29 is 47.4 Å². The lowest BCUT2D eigenvalue weighted by atomic mass is 10.0. The smallest absolute Gasteiger partial charge is 0.335 e. The molecule has 5 N–H and O–H groups in total. The standard InChI is InChI=1S/C56H72N10O10Si2/c1-33(2)77(34(3)4)73-30-42-24-48(62-56-44(26-58-32-60-56)51(71)45-18-20-65(63-45)27-38-14-10-9-11-15-38)54(74-37(8)68)53(42)75-78(76-77,35(5)6)36(7)22-39-16-12-13-17-40(39)28-66-21-19-46(64-66)50(70)43-25-57-31-59-55(43)61-47-23-41(29-67)49(69)52(47)72/h9-21,25-26,31-36,41-42,47-49,52-54,67,69,72H,22-24,27-30H2,1-8H3,(H,57,59,61)(H,58,60,62). The van der Waals surface area contributed by atoms with E-state index in [1.807, 2.05) is 42.5 Å². The molecular formula is C56H72N10O10Si2. The number of ether oxygens (including phenoxy) is 1. The fourth-order valence-electron chi connectivity index (χ4n) is 11.7. The summed E-state index contributed by atoms with van der Waals surface area (Å²) in [5.41, 5.74) is 3.70. The average molecular weight is 1100 g/mol. The second-order valence-electron chi connectivity index (χ2n) is 22.0. The van der Waals surface area contributed by atoms with Crippen molar-refractivity contribution in [1.82, 2.24) is 39.5 Å². The molecule has 414 valence electrons. The number of carbonyl (C=O) groups is 3. The van der Waals surface area contributed by atoms with Crippen LogP contribution >= 0.6 is 0 Å². The predicted molar refractivity (Wildman–Crippen MR) is 294 cm³/mol. The van der Waals surface area contributed by atoms with Gasteiger partial charge in [-0.15, -0.1) is 0 Å². The molecule has 3 fully saturated rings. The fraction of sp³-hybridized carbons (Fsp3) is 0.482. The fourth-order valence-corrected chi connectivity index (χ4v) is 23.1. The normalized spacial score (nSPS) is 25.4. The van der Waals surface area contributed by atoms with Gasteiger partial charge in [-0.2, -0.15) is 10.2 Å². The van der Waals surface area contributed by atoms with Crippen LogP contribution in [-0.2, 0) is 42.0 Å². The highest BCUT2D eigenvalue weighted by Crippen LogP contribution is 2.50. The molecule has 9 rings (SSSR count). The van der Waals surface area contributed by atoms with E-state index in [1.54, 1.807) is 33.9 Å². The van der Waals surface area contributed by atoms with Crippen LogP contribution in [0, 0.1) is 11.8 Å². The average Bonchev–Trinajstić information content (AvgIpc) is 4.30. The van der Waals surface area contributed by atoms with Crippen LogP contribution < -0.4 is 10.6 Å². The van der Waals surface area contributed by atoms with Crippen molar-refractivity contribution in [3.05, 3.63) is 143 Å². The molecule has 2 aliphatic carbocycles. The highest BCUT2D eigenvalue weighted by molar-refractivity contribution is 6.84. The minimum Gasteiger partial charge on any atom is -0.458 e.